The fourth-order valence-electron chi connectivity index (χ4n) is 3.89. The van der Waals surface area contributed by atoms with Crippen LogP contribution in [0.4, 0.5) is 0 Å². The van der Waals surface area contributed by atoms with Crippen LogP contribution in [0, 0.1) is 23.7 Å². The molecular formula is C11H16N2S. The molecule has 2 saturated carbocycles. The maximum atomic E-state index is 5.54. The lowest BCUT2D eigenvalue weighted by Crippen LogP contribution is -2.44. The zero-order valence-electron chi connectivity index (χ0n) is 8.15. The van der Waals surface area contributed by atoms with Crippen LogP contribution >= 0.6 is 12.2 Å². The smallest absolute Gasteiger partial charge is 0.163 e. The third-order valence-electron chi connectivity index (χ3n) is 4.34. The van der Waals surface area contributed by atoms with Gasteiger partial charge in [0, 0.05) is 6.04 Å². The van der Waals surface area contributed by atoms with Gasteiger partial charge in [0.1, 0.15) is 0 Å². The number of nitrogens with two attached hydrogens (primary N) is 1. The van der Waals surface area contributed by atoms with Crippen LogP contribution in [0.15, 0.2) is 12.2 Å². The van der Waals surface area contributed by atoms with Gasteiger partial charge in [0.2, 0.25) is 0 Å². The van der Waals surface area contributed by atoms with E-state index >= 15 is 0 Å². The predicted octanol–water partition coefficient (Wildman–Crippen LogP) is 1.42. The minimum atomic E-state index is 0.473. The highest BCUT2D eigenvalue weighted by Gasteiger charge is 2.52. The first kappa shape index (κ1) is 8.72. The second-order valence-corrected chi connectivity index (χ2v) is 5.36. The summed E-state index contributed by atoms with van der Waals surface area (Å²) in [5, 5.41) is 3.73. The van der Waals surface area contributed by atoms with Crippen LogP contribution in [0.3, 0.4) is 0 Å². The van der Waals surface area contributed by atoms with Crippen LogP contribution in [0.5, 0.6) is 0 Å². The lowest BCUT2D eigenvalue weighted by molar-refractivity contribution is 0.246. The summed E-state index contributed by atoms with van der Waals surface area (Å²) in [5.41, 5.74) is 5.54. The normalized spacial score (nSPS) is 48.1. The molecule has 2 fully saturated rings. The quantitative estimate of drug-likeness (QED) is 0.505. The van der Waals surface area contributed by atoms with Crippen LogP contribution in [0.1, 0.15) is 19.3 Å². The van der Waals surface area contributed by atoms with Crippen LogP contribution in [0.2, 0.25) is 0 Å². The van der Waals surface area contributed by atoms with E-state index < -0.39 is 0 Å². The molecule has 0 saturated heterocycles. The highest BCUT2D eigenvalue weighted by molar-refractivity contribution is 7.80. The Bertz CT molecular complexity index is 300. The average molecular weight is 208 g/mol. The van der Waals surface area contributed by atoms with Crippen molar-refractivity contribution in [1.29, 1.82) is 0 Å². The lowest BCUT2D eigenvalue weighted by atomic mass is 9.79. The van der Waals surface area contributed by atoms with E-state index in [1.165, 1.54) is 19.3 Å². The van der Waals surface area contributed by atoms with Crippen molar-refractivity contribution >= 4 is 17.3 Å². The zero-order chi connectivity index (χ0) is 9.71. The molecule has 0 unspecified atom stereocenters. The van der Waals surface area contributed by atoms with Crippen molar-refractivity contribution in [2.24, 2.45) is 29.4 Å². The number of fused-ring (bicyclic) bond motifs is 5. The summed E-state index contributed by atoms with van der Waals surface area (Å²) in [7, 11) is 0. The van der Waals surface area contributed by atoms with Gasteiger partial charge in [0.05, 0.1) is 0 Å². The van der Waals surface area contributed by atoms with Gasteiger partial charge in [-0.15, -0.1) is 0 Å². The van der Waals surface area contributed by atoms with Gasteiger partial charge in [0.15, 0.2) is 5.11 Å². The molecule has 0 aromatic carbocycles. The van der Waals surface area contributed by atoms with E-state index in [2.05, 4.69) is 17.5 Å². The molecule has 0 aromatic rings. The molecule has 2 nitrogen and oxygen atoms in total. The fourth-order valence-corrected chi connectivity index (χ4v) is 4.05. The molecule has 0 spiro atoms. The van der Waals surface area contributed by atoms with Crippen molar-refractivity contribution in [1.82, 2.24) is 5.32 Å². The molecule has 3 N–H and O–H groups in total. The van der Waals surface area contributed by atoms with Gasteiger partial charge in [0.25, 0.3) is 0 Å². The maximum absolute atomic E-state index is 5.54. The molecule has 76 valence electrons. The largest absolute Gasteiger partial charge is 0.376 e. The minimum Gasteiger partial charge on any atom is -0.376 e. The molecule has 3 rings (SSSR count). The molecule has 0 amide bonds. The molecule has 2 bridgehead atoms. The number of rotatable bonds is 1. The first-order chi connectivity index (χ1) is 6.75. The second-order valence-electron chi connectivity index (χ2n) is 4.92. The first-order valence-electron chi connectivity index (χ1n) is 5.48. The van der Waals surface area contributed by atoms with Gasteiger partial charge in [-0.3, -0.25) is 0 Å². The summed E-state index contributed by atoms with van der Waals surface area (Å²) >= 11 is 4.92. The Hall–Kier alpha value is -0.570. The van der Waals surface area contributed by atoms with Crippen molar-refractivity contribution in [3.63, 3.8) is 0 Å². The topological polar surface area (TPSA) is 38.0 Å². The maximum Gasteiger partial charge on any atom is 0.163 e. The second kappa shape index (κ2) is 2.96. The van der Waals surface area contributed by atoms with Crippen molar-refractivity contribution < 1.29 is 0 Å². The molecule has 0 aliphatic heterocycles. The van der Waals surface area contributed by atoms with E-state index in [0.29, 0.717) is 11.2 Å². The van der Waals surface area contributed by atoms with Gasteiger partial charge in [-0.1, -0.05) is 12.2 Å². The van der Waals surface area contributed by atoms with Crippen molar-refractivity contribution in [3.05, 3.63) is 12.2 Å². The van der Waals surface area contributed by atoms with Crippen molar-refractivity contribution in [3.8, 4) is 0 Å². The molecule has 0 aromatic heterocycles. The number of thiocarbonyl (C=S) groups is 1. The summed E-state index contributed by atoms with van der Waals surface area (Å²) in [6.07, 6.45) is 8.76. The van der Waals surface area contributed by atoms with Crippen LogP contribution in [-0.4, -0.2) is 11.2 Å². The van der Waals surface area contributed by atoms with Gasteiger partial charge >= 0.3 is 0 Å². The SMILES string of the molecule is NC(=S)N[C@H]1C[C@@H]2C[C@@H]1[C@@H]1C=CC[C@@H]21. The van der Waals surface area contributed by atoms with E-state index in [0.717, 1.165) is 23.7 Å². The Morgan fingerprint density at radius 2 is 2.21 bits per heavy atom. The number of nitrogens with one attached hydrogen (secondary N) is 1. The summed E-state index contributed by atoms with van der Waals surface area (Å²) < 4.78 is 0. The van der Waals surface area contributed by atoms with Crippen LogP contribution in [-0.2, 0) is 0 Å². The minimum absolute atomic E-state index is 0.473. The molecule has 14 heavy (non-hydrogen) atoms. The predicted molar refractivity (Wildman–Crippen MR) is 60.7 cm³/mol. The fraction of sp³-hybridized carbons (Fsp3) is 0.727. The third-order valence-corrected chi connectivity index (χ3v) is 4.45. The zero-order valence-corrected chi connectivity index (χ0v) is 8.96. The molecular weight excluding hydrogens is 192 g/mol. The first-order valence-corrected chi connectivity index (χ1v) is 5.89. The van der Waals surface area contributed by atoms with Gasteiger partial charge < -0.3 is 11.1 Å². The molecule has 0 radical (unpaired) electrons. The van der Waals surface area contributed by atoms with Crippen molar-refractivity contribution in [2.75, 3.05) is 0 Å². The summed E-state index contributed by atoms with van der Waals surface area (Å²) in [6, 6.07) is 0.557. The average Bonchev–Trinajstić information content (AvgIpc) is 2.68. The Morgan fingerprint density at radius 1 is 1.36 bits per heavy atom. The molecule has 3 aliphatic carbocycles. The summed E-state index contributed by atoms with van der Waals surface area (Å²) in [6.45, 7) is 0. The Labute approximate surface area is 89.9 Å². The summed E-state index contributed by atoms with van der Waals surface area (Å²) in [5.74, 6) is 3.49. The molecule has 3 aliphatic rings. The van der Waals surface area contributed by atoms with E-state index in [-0.39, 0.29) is 0 Å². The number of hydrogen-bond donors (Lipinski definition) is 2. The van der Waals surface area contributed by atoms with Gasteiger partial charge in [-0.05, 0) is 55.2 Å². The Kier molecular flexibility index (Phi) is 1.84. The highest BCUT2D eigenvalue weighted by Crippen LogP contribution is 2.56. The molecule has 3 heteroatoms. The summed E-state index contributed by atoms with van der Waals surface area (Å²) in [4.78, 5) is 0. The monoisotopic (exact) mass is 208 g/mol. The van der Waals surface area contributed by atoms with E-state index in [4.69, 9.17) is 18.0 Å². The number of allylic oxidation sites excluding steroid dienone is 2. The van der Waals surface area contributed by atoms with Crippen LogP contribution < -0.4 is 11.1 Å². The third kappa shape index (κ3) is 1.11. The lowest BCUT2D eigenvalue weighted by Gasteiger charge is -2.31. The van der Waals surface area contributed by atoms with Gasteiger partial charge in [-0.2, -0.15) is 0 Å². The van der Waals surface area contributed by atoms with Crippen LogP contribution in [0.25, 0.3) is 0 Å². The molecule has 0 heterocycles. The van der Waals surface area contributed by atoms with E-state index in [1.54, 1.807) is 0 Å². The van der Waals surface area contributed by atoms with Gasteiger partial charge in [-0.25, -0.2) is 0 Å². The van der Waals surface area contributed by atoms with Crippen molar-refractivity contribution in [2.45, 2.75) is 25.3 Å². The standard InChI is InChI=1S/C11H16N2S/c12-11(14)13-10-5-6-4-9(10)8-3-1-2-7(6)8/h1,3,6-10H,2,4-5H2,(H3,12,13,14)/t6-,7-,8+,9+,10-/m0/s1. The highest BCUT2D eigenvalue weighted by atomic mass is 32.1. The number of hydrogen-bond acceptors (Lipinski definition) is 1. The molecule has 5 atom stereocenters. The Morgan fingerprint density at radius 3 is 3.00 bits per heavy atom. The van der Waals surface area contributed by atoms with E-state index in [9.17, 15) is 0 Å². The Balaban J connectivity index is 1.76. The van der Waals surface area contributed by atoms with E-state index in [1.807, 2.05) is 0 Å².